The Balaban J connectivity index is 1.88. The molecule has 3 aromatic heterocycles. The molecule has 0 aliphatic rings. The molecule has 0 atom stereocenters. The van der Waals surface area contributed by atoms with E-state index >= 15 is 0 Å². The molecule has 22 heavy (non-hydrogen) atoms. The van der Waals surface area contributed by atoms with Crippen LogP contribution in [0.3, 0.4) is 0 Å². The van der Waals surface area contributed by atoms with Crippen molar-refractivity contribution in [1.82, 2.24) is 24.5 Å². The van der Waals surface area contributed by atoms with E-state index in [1.807, 2.05) is 38.1 Å². The molecule has 0 aromatic carbocycles. The van der Waals surface area contributed by atoms with Crippen LogP contribution in [0.4, 0.5) is 5.82 Å². The summed E-state index contributed by atoms with van der Waals surface area (Å²) in [5.74, 6) is 1.10. The summed E-state index contributed by atoms with van der Waals surface area (Å²) in [7, 11) is 1.78. The largest absolute Gasteiger partial charge is 0.307 e. The highest BCUT2D eigenvalue weighted by Gasteiger charge is 2.17. The Labute approximate surface area is 127 Å². The van der Waals surface area contributed by atoms with Gasteiger partial charge in [0.25, 0.3) is 5.91 Å². The Morgan fingerprint density at radius 3 is 2.73 bits per heavy atom. The second-order valence-corrected chi connectivity index (χ2v) is 4.99. The SMILES string of the molecule is Cc1cc(NC(=O)c2cnn(-c3ccccn3)c2C)n(C)n1. The smallest absolute Gasteiger partial charge is 0.260 e. The van der Waals surface area contributed by atoms with Crippen LogP contribution in [0, 0.1) is 13.8 Å². The number of rotatable bonds is 3. The van der Waals surface area contributed by atoms with Crippen LogP contribution in [0.25, 0.3) is 5.82 Å². The van der Waals surface area contributed by atoms with Gasteiger partial charge in [-0.15, -0.1) is 0 Å². The second-order valence-electron chi connectivity index (χ2n) is 4.99. The van der Waals surface area contributed by atoms with E-state index < -0.39 is 0 Å². The van der Waals surface area contributed by atoms with E-state index in [2.05, 4.69) is 20.5 Å². The molecule has 0 fully saturated rings. The summed E-state index contributed by atoms with van der Waals surface area (Å²) >= 11 is 0. The maximum atomic E-state index is 12.4. The third kappa shape index (κ3) is 2.48. The van der Waals surface area contributed by atoms with Gasteiger partial charge in [0.1, 0.15) is 5.82 Å². The molecular weight excluding hydrogens is 280 g/mol. The molecule has 3 aromatic rings. The molecule has 0 unspecified atom stereocenters. The van der Waals surface area contributed by atoms with Gasteiger partial charge in [-0.3, -0.25) is 9.48 Å². The average molecular weight is 296 g/mol. The molecule has 0 bridgehead atoms. The standard InChI is InChI=1S/C15H16N6O/c1-10-8-14(20(3)19-10)18-15(22)12-9-17-21(11(12)2)13-6-4-5-7-16-13/h4-9H,1-3H3,(H,18,22). The Morgan fingerprint density at radius 1 is 1.27 bits per heavy atom. The van der Waals surface area contributed by atoms with Crippen LogP contribution in [0.1, 0.15) is 21.7 Å². The summed E-state index contributed by atoms with van der Waals surface area (Å²) in [6, 6.07) is 7.37. The predicted molar refractivity (Wildman–Crippen MR) is 82.0 cm³/mol. The molecule has 0 saturated heterocycles. The predicted octanol–water partition coefficient (Wildman–Crippen LogP) is 1.87. The molecular formula is C15H16N6O. The van der Waals surface area contributed by atoms with Gasteiger partial charge in [0.05, 0.1) is 23.1 Å². The van der Waals surface area contributed by atoms with Crippen molar-refractivity contribution in [3.05, 3.63) is 53.6 Å². The van der Waals surface area contributed by atoms with Crippen LogP contribution in [0.2, 0.25) is 0 Å². The molecule has 7 nitrogen and oxygen atoms in total. The fourth-order valence-electron chi connectivity index (χ4n) is 2.25. The Kier molecular flexibility index (Phi) is 3.46. The lowest BCUT2D eigenvalue weighted by molar-refractivity contribution is 0.102. The number of pyridine rings is 1. The lowest BCUT2D eigenvalue weighted by Gasteiger charge is -2.06. The zero-order valence-corrected chi connectivity index (χ0v) is 12.6. The van der Waals surface area contributed by atoms with Crippen LogP contribution in [0.5, 0.6) is 0 Å². The number of carbonyl (C=O) groups is 1. The Hall–Kier alpha value is -2.96. The van der Waals surface area contributed by atoms with Gasteiger partial charge in [-0.05, 0) is 26.0 Å². The van der Waals surface area contributed by atoms with E-state index in [1.165, 1.54) is 0 Å². The van der Waals surface area contributed by atoms with E-state index in [9.17, 15) is 4.79 Å². The van der Waals surface area contributed by atoms with Crippen molar-refractivity contribution >= 4 is 11.7 Å². The van der Waals surface area contributed by atoms with Gasteiger partial charge in [0.2, 0.25) is 0 Å². The minimum Gasteiger partial charge on any atom is -0.307 e. The number of carbonyl (C=O) groups excluding carboxylic acids is 1. The molecule has 0 aliphatic carbocycles. The lowest BCUT2D eigenvalue weighted by Crippen LogP contribution is -2.15. The number of amides is 1. The third-order valence-corrected chi connectivity index (χ3v) is 3.36. The first-order valence-corrected chi connectivity index (χ1v) is 6.84. The first kappa shape index (κ1) is 14.0. The highest BCUT2D eigenvalue weighted by Crippen LogP contribution is 2.15. The lowest BCUT2D eigenvalue weighted by atomic mass is 10.2. The van der Waals surface area contributed by atoms with Crippen LogP contribution in [-0.4, -0.2) is 30.5 Å². The van der Waals surface area contributed by atoms with Crippen molar-refractivity contribution < 1.29 is 4.79 Å². The fraction of sp³-hybridized carbons (Fsp3) is 0.200. The summed E-state index contributed by atoms with van der Waals surface area (Å²) in [4.78, 5) is 16.7. The van der Waals surface area contributed by atoms with Gasteiger partial charge in [-0.1, -0.05) is 6.07 Å². The van der Waals surface area contributed by atoms with Crippen molar-refractivity contribution in [2.24, 2.45) is 7.05 Å². The van der Waals surface area contributed by atoms with Gasteiger partial charge in [-0.25, -0.2) is 9.67 Å². The molecule has 0 radical (unpaired) electrons. The number of hydrogen-bond acceptors (Lipinski definition) is 4. The summed E-state index contributed by atoms with van der Waals surface area (Å²) in [5.41, 5.74) is 2.08. The number of hydrogen-bond donors (Lipinski definition) is 1. The summed E-state index contributed by atoms with van der Waals surface area (Å²) in [5, 5.41) is 11.3. The monoisotopic (exact) mass is 296 g/mol. The molecule has 0 aliphatic heterocycles. The molecule has 3 rings (SSSR count). The fourth-order valence-corrected chi connectivity index (χ4v) is 2.25. The van der Waals surface area contributed by atoms with Crippen LogP contribution in [-0.2, 0) is 7.05 Å². The van der Waals surface area contributed by atoms with E-state index in [0.29, 0.717) is 17.2 Å². The van der Waals surface area contributed by atoms with Gasteiger partial charge >= 0.3 is 0 Å². The van der Waals surface area contributed by atoms with Crippen molar-refractivity contribution in [2.45, 2.75) is 13.8 Å². The van der Waals surface area contributed by atoms with E-state index in [1.54, 1.807) is 28.8 Å². The molecule has 112 valence electrons. The molecule has 0 saturated carbocycles. The minimum absolute atomic E-state index is 0.220. The topological polar surface area (TPSA) is 77.6 Å². The zero-order chi connectivity index (χ0) is 15.7. The van der Waals surface area contributed by atoms with E-state index in [4.69, 9.17) is 0 Å². The number of aromatic nitrogens is 5. The molecule has 7 heteroatoms. The van der Waals surface area contributed by atoms with Crippen LogP contribution >= 0.6 is 0 Å². The molecule has 3 heterocycles. The highest BCUT2D eigenvalue weighted by atomic mass is 16.1. The van der Waals surface area contributed by atoms with Gasteiger partial charge in [0, 0.05) is 19.3 Å². The van der Waals surface area contributed by atoms with Crippen molar-refractivity contribution in [2.75, 3.05) is 5.32 Å². The highest BCUT2D eigenvalue weighted by molar-refractivity contribution is 6.04. The summed E-state index contributed by atoms with van der Waals surface area (Å²) in [6.07, 6.45) is 3.23. The van der Waals surface area contributed by atoms with Gasteiger partial charge in [0.15, 0.2) is 5.82 Å². The Bertz CT molecular complexity index is 818. The summed E-state index contributed by atoms with van der Waals surface area (Å²) < 4.78 is 3.27. The number of anilines is 1. The Morgan fingerprint density at radius 2 is 2.09 bits per heavy atom. The first-order chi connectivity index (χ1) is 10.6. The average Bonchev–Trinajstić information content (AvgIpc) is 3.02. The molecule has 0 spiro atoms. The minimum atomic E-state index is -0.220. The first-order valence-electron chi connectivity index (χ1n) is 6.84. The van der Waals surface area contributed by atoms with Gasteiger partial charge in [-0.2, -0.15) is 10.2 Å². The summed E-state index contributed by atoms with van der Waals surface area (Å²) in [6.45, 7) is 3.71. The van der Waals surface area contributed by atoms with Crippen LogP contribution < -0.4 is 5.32 Å². The maximum Gasteiger partial charge on any atom is 0.260 e. The molecule has 1 N–H and O–H groups in total. The molecule has 1 amide bonds. The van der Waals surface area contributed by atoms with Crippen molar-refractivity contribution in [1.29, 1.82) is 0 Å². The number of nitrogens with one attached hydrogen (secondary N) is 1. The quantitative estimate of drug-likeness (QED) is 0.800. The van der Waals surface area contributed by atoms with Crippen molar-refractivity contribution in [3.63, 3.8) is 0 Å². The van der Waals surface area contributed by atoms with Gasteiger partial charge < -0.3 is 5.32 Å². The van der Waals surface area contributed by atoms with Crippen molar-refractivity contribution in [3.8, 4) is 5.82 Å². The van der Waals surface area contributed by atoms with Crippen LogP contribution in [0.15, 0.2) is 36.7 Å². The zero-order valence-electron chi connectivity index (χ0n) is 12.6. The van der Waals surface area contributed by atoms with E-state index in [0.717, 1.165) is 11.4 Å². The number of aryl methyl sites for hydroxylation is 2. The maximum absolute atomic E-state index is 12.4. The number of nitrogens with zero attached hydrogens (tertiary/aromatic N) is 5. The second kappa shape index (κ2) is 5.44. The normalized spacial score (nSPS) is 10.7. The van der Waals surface area contributed by atoms with E-state index in [-0.39, 0.29) is 5.91 Å². The third-order valence-electron chi connectivity index (χ3n) is 3.36.